The number of carbonyl (C=O) groups is 2. The highest BCUT2D eigenvalue weighted by Crippen LogP contribution is 2.16. The van der Waals surface area contributed by atoms with E-state index in [9.17, 15) is 9.59 Å². The van der Waals surface area contributed by atoms with Gasteiger partial charge in [0.25, 0.3) is 0 Å². The number of urea groups is 1. The summed E-state index contributed by atoms with van der Waals surface area (Å²) in [6.45, 7) is 6.13. The molecule has 1 fully saturated rings. The zero-order valence-corrected chi connectivity index (χ0v) is 11.9. The summed E-state index contributed by atoms with van der Waals surface area (Å²) in [5, 5.41) is 15.7. The van der Waals surface area contributed by atoms with Crippen LogP contribution >= 0.6 is 0 Å². The molecule has 110 valence electrons. The fraction of sp³-hybridized carbons (Fsp3) is 0.583. The standard InChI is InChI=1S/C12H20N6O2/c1-4-13-12(20)15-9-5-8(3)17-18(9)11-14-7(2)6-10(19)16-11/h5,7,11,14H,4,6H2,1-3H3,(H,16,19)(H2,13,15,20). The molecular weight excluding hydrogens is 260 g/mol. The van der Waals surface area contributed by atoms with Crippen molar-refractivity contribution in [2.45, 2.75) is 39.5 Å². The Balaban J connectivity index is 2.18. The predicted octanol–water partition coefficient (Wildman–Crippen LogP) is 0.287. The van der Waals surface area contributed by atoms with Crippen molar-refractivity contribution in [2.24, 2.45) is 0 Å². The number of amides is 3. The van der Waals surface area contributed by atoms with Crippen LogP contribution in [-0.2, 0) is 4.79 Å². The highest BCUT2D eigenvalue weighted by molar-refractivity contribution is 5.88. The van der Waals surface area contributed by atoms with E-state index in [4.69, 9.17) is 0 Å². The van der Waals surface area contributed by atoms with Gasteiger partial charge in [-0.05, 0) is 20.8 Å². The van der Waals surface area contributed by atoms with Gasteiger partial charge in [-0.25, -0.2) is 9.48 Å². The fourth-order valence-electron chi connectivity index (χ4n) is 2.12. The van der Waals surface area contributed by atoms with Gasteiger partial charge in [-0.15, -0.1) is 0 Å². The van der Waals surface area contributed by atoms with Crippen molar-refractivity contribution < 1.29 is 9.59 Å². The van der Waals surface area contributed by atoms with Crippen LogP contribution < -0.4 is 21.3 Å². The highest BCUT2D eigenvalue weighted by atomic mass is 16.2. The molecule has 2 rings (SSSR count). The zero-order valence-electron chi connectivity index (χ0n) is 11.9. The van der Waals surface area contributed by atoms with E-state index >= 15 is 0 Å². The van der Waals surface area contributed by atoms with Crippen LogP contribution in [0.25, 0.3) is 0 Å². The summed E-state index contributed by atoms with van der Waals surface area (Å²) in [5.74, 6) is 0.485. The molecular formula is C12H20N6O2. The molecule has 2 heterocycles. The molecule has 8 heteroatoms. The van der Waals surface area contributed by atoms with Gasteiger partial charge in [-0.1, -0.05) is 0 Å². The van der Waals surface area contributed by atoms with Gasteiger partial charge in [-0.3, -0.25) is 15.4 Å². The van der Waals surface area contributed by atoms with E-state index in [1.54, 1.807) is 10.7 Å². The normalized spacial score (nSPS) is 22.2. The summed E-state index contributed by atoms with van der Waals surface area (Å²) in [6.07, 6.45) is -0.0348. The molecule has 1 aromatic heterocycles. The number of anilines is 1. The van der Waals surface area contributed by atoms with E-state index < -0.39 is 6.29 Å². The number of carbonyl (C=O) groups excluding carboxylic acids is 2. The maximum absolute atomic E-state index is 11.6. The maximum atomic E-state index is 11.6. The molecule has 20 heavy (non-hydrogen) atoms. The van der Waals surface area contributed by atoms with Crippen LogP contribution in [0.5, 0.6) is 0 Å². The van der Waals surface area contributed by atoms with Gasteiger partial charge in [-0.2, -0.15) is 5.10 Å². The molecule has 8 nitrogen and oxygen atoms in total. The van der Waals surface area contributed by atoms with E-state index in [-0.39, 0.29) is 18.0 Å². The van der Waals surface area contributed by atoms with Crippen LogP contribution in [0.15, 0.2) is 6.07 Å². The van der Waals surface area contributed by atoms with Crippen molar-refractivity contribution in [1.82, 2.24) is 25.7 Å². The quantitative estimate of drug-likeness (QED) is 0.639. The first kappa shape index (κ1) is 14.3. The minimum atomic E-state index is -0.461. The van der Waals surface area contributed by atoms with Crippen LogP contribution in [0.4, 0.5) is 10.6 Å². The lowest BCUT2D eigenvalue weighted by Gasteiger charge is -2.30. The third-order valence-corrected chi connectivity index (χ3v) is 2.91. The summed E-state index contributed by atoms with van der Waals surface area (Å²) in [5.41, 5.74) is 0.756. The van der Waals surface area contributed by atoms with Crippen molar-refractivity contribution >= 4 is 17.8 Å². The number of nitrogens with one attached hydrogen (secondary N) is 4. The van der Waals surface area contributed by atoms with Gasteiger partial charge in [0, 0.05) is 25.1 Å². The van der Waals surface area contributed by atoms with Crippen molar-refractivity contribution in [3.05, 3.63) is 11.8 Å². The van der Waals surface area contributed by atoms with Gasteiger partial charge in [0.05, 0.1) is 5.69 Å². The molecule has 3 amide bonds. The minimum absolute atomic E-state index is 0.0432. The number of hydrogen-bond acceptors (Lipinski definition) is 4. The van der Waals surface area contributed by atoms with Crippen molar-refractivity contribution in [3.8, 4) is 0 Å². The van der Waals surface area contributed by atoms with Crippen LogP contribution in [-0.4, -0.2) is 34.3 Å². The van der Waals surface area contributed by atoms with Crippen LogP contribution in [0.2, 0.25) is 0 Å². The van der Waals surface area contributed by atoms with Gasteiger partial charge in [0.15, 0.2) is 6.29 Å². The molecule has 0 spiro atoms. The van der Waals surface area contributed by atoms with Gasteiger partial charge >= 0.3 is 6.03 Å². The molecule has 0 aromatic carbocycles. The Morgan fingerprint density at radius 1 is 1.60 bits per heavy atom. The van der Waals surface area contributed by atoms with E-state index in [1.165, 1.54) is 0 Å². The van der Waals surface area contributed by atoms with Crippen molar-refractivity contribution in [2.75, 3.05) is 11.9 Å². The lowest BCUT2D eigenvalue weighted by Crippen LogP contribution is -2.52. The highest BCUT2D eigenvalue weighted by Gasteiger charge is 2.26. The molecule has 0 radical (unpaired) electrons. The van der Waals surface area contributed by atoms with E-state index in [0.717, 1.165) is 5.69 Å². The summed E-state index contributed by atoms with van der Waals surface area (Å²) in [4.78, 5) is 23.2. The Kier molecular flexibility index (Phi) is 4.23. The van der Waals surface area contributed by atoms with Crippen LogP contribution in [0.3, 0.4) is 0 Å². The Labute approximate surface area is 117 Å². The van der Waals surface area contributed by atoms with Crippen LogP contribution in [0.1, 0.15) is 32.3 Å². The smallest absolute Gasteiger partial charge is 0.320 e. The number of rotatable bonds is 3. The first-order chi connectivity index (χ1) is 9.49. The molecule has 4 N–H and O–H groups in total. The molecule has 1 aliphatic heterocycles. The lowest BCUT2D eigenvalue weighted by atomic mass is 10.2. The molecule has 0 aliphatic carbocycles. The molecule has 0 saturated carbocycles. The van der Waals surface area contributed by atoms with Gasteiger partial charge < -0.3 is 10.6 Å². The second-order valence-electron chi connectivity index (χ2n) is 4.84. The molecule has 2 unspecified atom stereocenters. The maximum Gasteiger partial charge on any atom is 0.320 e. The SMILES string of the molecule is CCNC(=O)Nc1cc(C)nn1C1NC(=O)CC(C)N1. The topological polar surface area (TPSA) is 100 Å². The zero-order chi connectivity index (χ0) is 14.7. The fourth-order valence-corrected chi connectivity index (χ4v) is 2.12. The molecule has 1 aliphatic rings. The third kappa shape index (κ3) is 3.27. The number of nitrogens with zero attached hydrogens (tertiary/aromatic N) is 2. The summed E-state index contributed by atoms with van der Waals surface area (Å²) in [6, 6.07) is 1.50. The average molecular weight is 280 g/mol. The second kappa shape index (κ2) is 5.91. The monoisotopic (exact) mass is 280 g/mol. The third-order valence-electron chi connectivity index (χ3n) is 2.91. The molecule has 1 aromatic rings. The summed E-state index contributed by atoms with van der Waals surface area (Å²) >= 11 is 0. The van der Waals surface area contributed by atoms with Crippen molar-refractivity contribution in [1.29, 1.82) is 0 Å². The Morgan fingerprint density at radius 3 is 3.00 bits per heavy atom. The minimum Gasteiger partial charge on any atom is -0.338 e. The van der Waals surface area contributed by atoms with Crippen molar-refractivity contribution in [3.63, 3.8) is 0 Å². The largest absolute Gasteiger partial charge is 0.338 e. The molecule has 2 atom stereocenters. The van der Waals surface area contributed by atoms with E-state index in [0.29, 0.717) is 18.8 Å². The van der Waals surface area contributed by atoms with Gasteiger partial charge in [0.2, 0.25) is 5.91 Å². The first-order valence-electron chi connectivity index (χ1n) is 6.66. The molecule has 1 saturated heterocycles. The molecule has 0 bridgehead atoms. The number of aryl methyl sites for hydroxylation is 1. The predicted molar refractivity (Wildman–Crippen MR) is 74.1 cm³/mol. The van der Waals surface area contributed by atoms with E-state index in [1.807, 2.05) is 20.8 Å². The lowest BCUT2D eigenvalue weighted by molar-refractivity contribution is -0.125. The summed E-state index contributed by atoms with van der Waals surface area (Å²) < 4.78 is 1.57. The summed E-state index contributed by atoms with van der Waals surface area (Å²) in [7, 11) is 0. The van der Waals surface area contributed by atoms with E-state index in [2.05, 4.69) is 26.4 Å². The van der Waals surface area contributed by atoms with Crippen LogP contribution in [0, 0.1) is 6.92 Å². The Hall–Kier alpha value is -2.09. The van der Waals surface area contributed by atoms with Gasteiger partial charge in [0.1, 0.15) is 5.82 Å². The Bertz CT molecular complexity index is 512. The second-order valence-corrected chi connectivity index (χ2v) is 4.84. The Morgan fingerprint density at radius 2 is 2.35 bits per heavy atom. The average Bonchev–Trinajstić information content (AvgIpc) is 2.69. The number of aromatic nitrogens is 2. The first-order valence-corrected chi connectivity index (χ1v) is 6.66. The number of hydrogen-bond donors (Lipinski definition) is 4.